The van der Waals surface area contributed by atoms with Gasteiger partial charge in [0.05, 0.1) is 17.9 Å². The van der Waals surface area contributed by atoms with Gasteiger partial charge in [-0.1, -0.05) is 27.2 Å². The number of rotatable bonds is 1. The average Bonchev–Trinajstić information content (AvgIpc) is 2.94. The van der Waals surface area contributed by atoms with Crippen molar-refractivity contribution in [3.8, 4) is 0 Å². The van der Waals surface area contributed by atoms with E-state index in [1.54, 1.807) is 6.26 Å². The molecular weight excluding hydrogens is 304 g/mol. The molecule has 1 heterocycles. The first-order valence-corrected chi connectivity index (χ1v) is 9.22. The fourth-order valence-electron chi connectivity index (χ4n) is 6.44. The van der Waals surface area contributed by atoms with Gasteiger partial charge in [0.25, 0.3) is 0 Å². The van der Waals surface area contributed by atoms with Gasteiger partial charge in [-0.25, -0.2) is 0 Å². The average molecular weight is 332 g/mol. The molecule has 24 heavy (non-hydrogen) atoms. The molecule has 4 nitrogen and oxygen atoms in total. The fraction of sp³-hybridized carbons (Fsp3) is 0.750. The Balaban J connectivity index is 1.82. The van der Waals surface area contributed by atoms with E-state index in [1.807, 2.05) is 0 Å². The third kappa shape index (κ3) is 2.02. The van der Waals surface area contributed by atoms with Crippen molar-refractivity contribution in [3.05, 3.63) is 23.2 Å². The molecule has 4 rings (SSSR count). The van der Waals surface area contributed by atoms with Crippen LogP contribution in [0.3, 0.4) is 0 Å². The number of hydrogen-bond acceptors (Lipinski definition) is 4. The van der Waals surface area contributed by atoms with E-state index in [0.29, 0.717) is 23.7 Å². The second kappa shape index (κ2) is 5.18. The number of aliphatic hydroxyl groups is 2. The van der Waals surface area contributed by atoms with E-state index < -0.39 is 6.10 Å². The summed E-state index contributed by atoms with van der Waals surface area (Å²) in [6, 6.07) is 0. The number of carbonyl (C=O) groups is 1. The summed E-state index contributed by atoms with van der Waals surface area (Å²) in [7, 11) is 0. The maximum atomic E-state index is 12.8. The van der Waals surface area contributed by atoms with E-state index in [-0.39, 0.29) is 35.1 Å². The molecule has 0 spiro atoms. The fourth-order valence-corrected chi connectivity index (χ4v) is 6.44. The molecule has 0 amide bonds. The Hall–Kier alpha value is -1.13. The van der Waals surface area contributed by atoms with Crippen molar-refractivity contribution in [2.24, 2.45) is 22.7 Å². The molecule has 0 bridgehead atoms. The third-order valence-electron chi connectivity index (χ3n) is 7.53. The van der Waals surface area contributed by atoms with Gasteiger partial charge < -0.3 is 14.6 Å². The summed E-state index contributed by atoms with van der Waals surface area (Å²) in [5.41, 5.74) is 1.65. The van der Waals surface area contributed by atoms with Crippen LogP contribution in [0.15, 0.2) is 10.7 Å². The zero-order valence-corrected chi connectivity index (χ0v) is 14.8. The smallest absolute Gasteiger partial charge is 0.167 e. The lowest BCUT2D eigenvalue weighted by molar-refractivity contribution is -0.124. The Kier molecular flexibility index (Phi) is 3.53. The van der Waals surface area contributed by atoms with Crippen LogP contribution < -0.4 is 0 Å². The van der Waals surface area contributed by atoms with Crippen LogP contribution in [0.4, 0.5) is 0 Å². The van der Waals surface area contributed by atoms with Gasteiger partial charge in [-0.2, -0.15) is 0 Å². The highest BCUT2D eigenvalue weighted by molar-refractivity contribution is 6.00. The summed E-state index contributed by atoms with van der Waals surface area (Å²) in [4.78, 5) is 12.8. The number of aliphatic hydroxyl groups excluding tert-OH is 2. The van der Waals surface area contributed by atoms with Gasteiger partial charge in [0.1, 0.15) is 12.4 Å². The largest absolute Gasteiger partial charge is 0.466 e. The van der Waals surface area contributed by atoms with E-state index in [2.05, 4.69) is 20.8 Å². The van der Waals surface area contributed by atoms with Crippen molar-refractivity contribution >= 4 is 5.78 Å². The monoisotopic (exact) mass is 332 g/mol. The Bertz CT molecular complexity index is 673. The molecule has 1 aromatic rings. The van der Waals surface area contributed by atoms with Crippen molar-refractivity contribution in [2.75, 3.05) is 0 Å². The molecule has 0 aromatic carbocycles. The summed E-state index contributed by atoms with van der Waals surface area (Å²) in [6.07, 6.45) is 5.92. The first-order chi connectivity index (χ1) is 11.3. The Morgan fingerprint density at radius 2 is 2.04 bits per heavy atom. The molecular formula is C20H28O4. The third-order valence-corrected chi connectivity index (χ3v) is 7.53. The molecule has 5 atom stereocenters. The molecule has 1 aromatic heterocycles. The van der Waals surface area contributed by atoms with Gasteiger partial charge >= 0.3 is 0 Å². The van der Waals surface area contributed by atoms with E-state index in [9.17, 15) is 15.0 Å². The number of furan rings is 1. The number of fused-ring (bicyclic) bond motifs is 5. The molecule has 0 radical (unpaired) electrons. The van der Waals surface area contributed by atoms with Crippen molar-refractivity contribution in [1.29, 1.82) is 0 Å². The van der Waals surface area contributed by atoms with Crippen molar-refractivity contribution < 1.29 is 19.4 Å². The lowest BCUT2D eigenvalue weighted by Gasteiger charge is -2.61. The van der Waals surface area contributed by atoms with E-state index in [0.717, 1.165) is 18.4 Å². The summed E-state index contributed by atoms with van der Waals surface area (Å²) in [6.45, 7) is 6.72. The Morgan fingerprint density at radius 1 is 1.29 bits per heavy atom. The van der Waals surface area contributed by atoms with Crippen LogP contribution in [0.1, 0.15) is 80.5 Å². The van der Waals surface area contributed by atoms with Gasteiger partial charge in [0, 0.05) is 17.9 Å². The van der Waals surface area contributed by atoms with Gasteiger partial charge in [-0.3, -0.25) is 4.79 Å². The molecule has 132 valence electrons. The number of hydrogen-bond donors (Lipinski definition) is 2. The standard InChI is InChI=1S/C20H28O4/c1-19(2)5-4-6-20(3)12-7-13(22)18-11(10-24-15(18)9-21)17(12)14(23)8-16(19)20/h10,12,14,16-17,21,23H,4-9H2,1-3H3/t12-,14-,16-,17-,20+/m1/s1. The summed E-state index contributed by atoms with van der Waals surface area (Å²) >= 11 is 0. The van der Waals surface area contributed by atoms with Crippen LogP contribution in [0, 0.1) is 22.7 Å². The van der Waals surface area contributed by atoms with Crippen LogP contribution in [0.25, 0.3) is 0 Å². The van der Waals surface area contributed by atoms with Gasteiger partial charge in [-0.05, 0) is 41.9 Å². The van der Waals surface area contributed by atoms with Crippen LogP contribution >= 0.6 is 0 Å². The topological polar surface area (TPSA) is 70.7 Å². The Morgan fingerprint density at radius 3 is 2.75 bits per heavy atom. The zero-order chi connectivity index (χ0) is 17.3. The molecule has 2 fully saturated rings. The molecule has 4 heteroatoms. The molecule has 0 saturated heterocycles. The summed E-state index contributed by atoms with van der Waals surface area (Å²) in [5, 5.41) is 20.4. The lowest BCUT2D eigenvalue weighted by Crippen LogP contribution is -2.56. The minimum absolute atomic E-state index is 0.0445. The maximum absolute atomic E-state index is 12.8. The highest BCUT2D eigenvalue weighted by Crippen LogP contribution is 2.65. The summed E-state index contributed by atoms with van der Waals surface area (Å²) in [5.74, 6) is 0.985. The quantitative estimate of drug-likeness (QED) is 0.823. The van der Waals surface area contributed by atoms with Crippen LogP contribution in [0.5, 0.6) is 0 Å². The Labute approximate surface area is 143 Å². The summed E-state index contributed by atoms with van der Waals surface area (Å²) < 4.78 is 5.46. The molecule has 0 unspecified atom stereocenters. The van der Waals surface area contributed by atoms with Crippen molar-refractivity contribution in [3.63, 3.8) is 0 Å². The first-order valence-electron chi connectivity index (χ1n) is 9.22. The van der Waals surface area contributed by atoms with Crippen LogP contribution in [-0.2, 0) is 6.61 Å². The van der Waals surface area contributed by atoms with Gasteiger partial charge in [0.15, 0.2) is 5.78 Å². The normalized spacial score (nSPS) is 40.6. The van der Waals surface area contributed by atoms with E-state index >= 15 is 0 Å². The molecule has 3 aliphatic rings. The zero-order valence-electron chi connectivity index (χ0n) is 14.8. The highest BCUT2D eigenvalue weighted by atomic mass is 16.4. The maximum Gasteiger partial charge on any atom is 0.167 e. The van der Waals surface area contributed by atoms with Crippen LogP contribution in [0.2, 0.25) is 0 Å². The second-order valence-electron chi connectivity index (χ2n) is 9.11. The number of Topliss-reactive ketones (excluding diaryl/α,β-unsaturated/α-hetero) is 1. The molecule has 3 aliphatic carbocycles. The molecule has 2 saturated carbocycles. The predicted octanol–water partition coefficient (Wildman–Crippen LogP) is 3.66. The number of ketones is 1. The van der Waals surface area contributed by atoms with Crippen LogP contribution in [-0.4, -0.2) is 22.1 Å². The van der Waals surface area contributed by atoms with Gasteiger partial charge in [0.2, 0.25) is 0 Å². The number of carbonyl (C=O) groups excluding carboxylic acids is 1. The van der Waals surface area contributed by atoms with Crippen molar-refractivity contribution in [1.82, 2.24) is 0 Å². The highest BCUT2D eigenvalue weighted by Gasteiger charge is 2.59. The molecule has 0 aliphatic heterocycles. The van der Waals surface area contributed by atoms with Crippen molar-refractivity contribution in [2.45, 2.75) is 71.5 Å². The van der Waals surface area contributed by atoms with E-state index in [1.165, 1.54) is 12.8 Å². The minimum atomic E-state index is -0.443. The lowest BCUT2D eigenvalue weighted by atomic mass is 9.44. The molecule has 2 N–H and O–H groups in total. The first kappa shape index (κ1) is 16.3. The second-order valence-corrected chi connectivity index (χ2v) is 9.11. The SMILES string of the molecule is CC1(C)CCC[C@@]2(C)[C@@H]3CC(=O)c4c(coc4CO)[C@H]3[C@H](O)C[C@H]12. The minimum Gasteiger partial charge on any atom is -0.466 e. The van der Waals surface area contributed by atoms with E-state index in [4.69, 9.17) is 4.42 Å². The predicted molar refractivity (Wildman–Crippen MR) is 89.7 cm³/mol. The van der Waals surface area contributed by atoms with Gasteiger partial charge in [-0.15, -0.1) is 0 Å².